The number of halogens is 1. The van der Waals surface area contributed by atoms with Gasteiger partial charge < -0.3 is 4.74 Å². The first kappa shape index (κ1) is 10.5. The number of carbonyl (C=O) groups excluding carboxylic acids is 1. The molecule has 0 bridgehead atoms. The summed E-state index contributed by atoms with van der Waals surface area (Å²) >= 11 is 7.41. The Labute approximate surface area is 96.4 Å². The van der Waals surface area contributed by atoms with Gasteiger partial charge in [-0.25, -0.2) is 0 Å². The molecule has 78 valence electrons. The van der Waals surface area contributed by atoms with E-state index in [1.165, 1.54) is 11.3 Å². The fourth-order valence-electron chi connectivity index (χ4n) is 1.57. The molecule has 4 heteroatoms. The van der Waals surface area contributed by atoms with Crippen LogP contribution < -0.4 is 4.74 Å². The molecule has 1 aromatic heterocycles. The van der Waals surface area contributed by atoms with Gasteiger partial charge in [-0.1, -0.05) is 17.7 Å². The maximum atomic E-state index is 10.9. The Morgan fingerprint density at radius 3 is 2.80 bits per heavy atom. The monoisotopic (exact) mass is 240 g/mol. The van der Waals surface area contributed by atoms with Crippen molar-refractivity contribution in [3.05, 3.63) is 27.6 Å². The molecule has 0 spiro atoms. The van der Waals surface area contributed by atoms with Crippen molar-refractivity contribution >= 4 is 39.3 Å². The highest BCUT2D eigenvalue weighted by molar-refractivity contribution is 7.23. The Hall–Kier alpha value is -1.06. The van der Waals surface area contributed by atoms with E-state index in [0.29, 0.717) is 15.6 Å². The molecular weight excluding hydrogens is 232 g/mol. The average Bonchev–Trinajstić information content (AvgIpc) is 2.56. The van der Waals surface area contributed by atoms with Crippen molar-refractivity contribution in [2.45, 2.75) is 6.92 Å². The van der Waals surface area contributed by atoms with Gasteiger partial charge in [-0.3, -0.25) is 4.79 Å². The van der Waals surface area contributed by atoms with Crippen molar-refractivity contribution in [1.82, 2.24) is 0 Å². The lowest BCUT2D eigenvalue weighted by Crippen LogP contribution is -1.87. The van der Waals surface area contributed by atoms with Gasteiger partial charge >= 0.3 is 0 Å². The molecule has 0 unspecified atom stereocenters. The fourth-order valence-corrected chi connectivity index (χ4v) is 2.93. The number of hydrogen-bond acceptors (Lipinski definition) is 3. The lowest BCUT2D eigenvalue weighted by molar-refractivity contribution is 0.112. The van der Waals surface area contributed by atoms with Crippen molar-refractivity contribution in [2.75, 3.05) is 7.11 Å². The second kappa shape index (κ2) is 3.83. The summed E-state index contributed by atoms with van der Waals surface area (Å²) in [7, 11) is 1.59. The third-order valence-electron chi connectivity index (χ3n) is 2.33. The van der Waals surface area contributed by atoms with E-state index in [9.17, 15) is 4.79 Å². The summed E-state index contributed by atoms with van der Waals surface area (Å²) in [6.45, 7) is 1.99. The van der Waals surface area contributed by atoms with Crippen LogP contribution in [0.1, 0.15) is 15.9 Å². The van der Waals surface area contributed by atoms with Crippen LogP contribution in [0.4, 0.5) is 0 Å². The van der Waals surface area contributed by atoms with E-state index >= 15 is 0 Å². The normalized spacial score (nSPS) is 10.6. The van der Waals surface area contributed by atoms with Crippen LogP contribution in [-0.4, -0.2) is 13.4 Å². The lowest BCUT2D eigenvalue weighted by Gasteiger charge is -2.03. The summed E-state index contributed by atoms with van der Waals surface area (Å²) in [5.74, 6) is 0.695. The SMILES string of the molecule is COc1ccc(C)c2sc(Cl)c(C=O)c12. The number of aryl methyl sites for hydroxylation is 1. The first-order valence-corrected chi connectivity index (χ1v) is 5.59. The Bertz CT molecular complexity index is 531. The number of methoxy groups -OCH3 is 1. The minimum atomic E-state index is 0.521. The Morgan fingerprint density at radius 2 is 2.20 bits per heavy atom. The summed E-state index contributed by atoms with van der Waals surface area (Å²) in [5.41, 5.74) is 1.63. The number of thiophene rings is 1. The Morgan fingerprint density at radius 1 is 1.47 bits per heavy atom. The first-order valence-electron chi connectivity index (χ1n) is 4.39. The van der Waals surface area contributed by atoms with Crippen molar-refractivity contribution in [3.8, 4) is 5.75 Å². The van der Waals surface area contributed by atoms with Gasteiger partial charge in [0.25, 0.3) is 0 Å². The van der Waals surface area contributed by atoms with Crippen LogP contribution >= 0.6 is 22.9 Å². The number of aldehydes is 1. The van der Waals surface area contributed by atoms with E-state index in [0.717, 1.165) is 21.9 Å². The summed E-state index contributed by atoms with van der Waals surface area (Å²) < 4.78 is 6.76. The number of benzene rings is 1. The molecule has 2 nitrogen and oxygen atoms in total. The second-order valence-corrected chi connectivity index (χ2v) is 4.82. The molecule has 0 saturated carbocycles. The van der Waals surface area contributed by atoms with Gasteiger partial charge in [0.1, 0.15) is 10.1 Å². The lowest BCUT2D eigenvalue weighted by atomic mass is 10.1. The maximum Gasteiger partial charge on any atom is 0.153 e. The third-order valence-corrected chi connectivity index (χ3v) is 3.89. The summed E-state index contributed by atoms with van der Waals surface area (Å²) in [5, 5.41) is 0.822. The van der Waals surface area contributed by atoms with Gasteiger partial charge in [-0.05, 0) is 18.6 Å². The number of fused-ring (bicyclic) bond motifs is 1. The number of rotatable bonds is 2. The zero-order valence-electron chi connectivity index (χ0n) is 8.33. The molecule has 0 aliphatic carbocycles. The van der Waals surface area contributed by atoms with E-state index in [4.69, 9.17) is 16.3 Å². The molecule has 1 aromatic carbocycles. The minimum absolute atomic E-state index is 0.521. The molecule has 2 aromatic rings. The number of ether oxygens (including phenoxy) is 1. The molecule has 2 rings (SSSR count). The minimum Gasteiger partial charge on any atom is -0.496 e. The predicted octanol–water partition coefficient (Wildman–Crippen LogP) is 3.68. The summed E-state index contributed by atoms with van der Waals surface area (Å²) in [6, 6.07) is 3.82. The molecule has 15 heavy (non-hydrogen) atoms. The van der Waals surface area contributed by atoms with Crippen molar-refractivity contribution in [2.24, 2.45) is 0 Å². The Balaban J connectivity index is 2.94. The smallest absolute Gasteiger partial charge is 0.153 e. The van der Waals surface area contributed by atoms with Gasteiger partial charge in [-0.15, -0.1) is 11.3 Å². The molecule has 0 radical (unpaired) electrons. The largest absolute Gasteiger partial charge is 0.496 e. The van der Waals surface area contributed by atoms with E-state index in [1.807, 2.05) is 19.1 Å². The van der Waals surface area contributed by atoms with E-state index < -0.39 is 0 Å². The van der Waals surface area contributed by atoms with E-state index in [1.54, 1.807) is 7.11 Å². The summed E-state index contributed by atoms with van der Waals surface area (Å²) in [6.07, 6.45) is 0.781. The van der Waals surface area contributed by atoms with Crippen molar-refractivity contribution in [1.29, 1.82) is 0 Å². The van der Waals surface area contributed by atoms with Crippen LogP contribution in [0.15, 0.2) is 12.1 Å². The molecule has 0 fully saturated rings. The predicted molar refractivity (Wildman–Crippen MR) is 63.5 cm³/mol. The first-order chi connectivity index (χ1) is 7.19. The molecular formula is C11H9ClO2S. The zero-order chi connectivity index (χ0) is 11.0. The molecule has 0 aliphatic rings. The van der Waals surface area contributed by atoms with E-state index in [-0.39, 0.29) is 0 Å². The average molecular weight is 241 g/mol. The van der Waals surface area contributed by atoms with Crippen molar-refractivity contribution in [3.63, 3.8) is 0 Å². The third kappa shape index (κ3) is 1.52. The van der Waals surface area contributed by atoms with Crippen LogP contribution in [0.3, 0.4) is 0 Å². The quantitative estimate of drug-likeness (QED) is 0.749. The van der Waals surface area contributed by atoms with Gasteiger partial charge in [0.2, 0.25) is 0 Å². The van der Waals surface area contributed by atoms with Crippen LogP contribution in [0, 0.1) is 6.92 Å². The summed E-state index contributed by atoms with van der Waals surface area (Å²) in [4.78, 5) is 10.9. The van der Waals surface area contributed by atoms with E-state index in [2.05, 4.69) is 0 Å². The highest BCUT2D eigenvalue weighted by atomic mass is 35.5. The molecule has 0 saturated heterocycles. The number of carbonyl (C=O) groups is 1. The highest BCUT2D eigenvalue weighted by Crippen LogP contribution is 2.40. The second-order valence-electron chi connectivity index (χ2n) is 3.20. The molecule has 1 heterocycles. The topological polar surface area (TPSA) is 26.3 Å². The van der Waals surface area contributed by atoms with Crippen molar-refractivity contribution < 1.29 is 9.53 Å². The molecule has 0 amide bonds. The molecule has 0 N–H and O–H groups in total. The molecule has 0 atom stereocenters. The maximum absolute atomic E-state index is 10.9. The standard InChI is InChI=1S/C11H9ClO2S/c1-6-3-4-8(14-2)9-7(5-13)11(12)15-10(6)9/h3-5H,1-2H3. The van der Waals surface area contributed by atoms with Gasteiger partial charge in [0, 0.05) is 10.1 Å². The zero-order valence-corrected chi connectivity index (χ0v) is 9.91. The highest BCUT2D eigenvalue weighted by Gasteiger charge is 2.15. The van der Waals surface area contributed by atoms with Crippen LogP contribution in [0.5, 0.6) is 5.75 Å². The van der Waals surface area contributed by atoms with Gasteiger partial charge in [-0.2, -0.15) is 0 Å². The Kier molecular flexibility index (Phi) is 2.67. The van der Waals surface area contributed by atoms with Crippen LogP contribution in [-0.2, 0) is 0 Å². The number of hydrogen-bond donors (Lipinski definition) is 0. The fraction of sp³-hybridized carbons (Fsp3) is 0.182. The molecule has 0 aliphatic heterocycles. The van der Waals surface area contributed by atoms with Crippen LogP contribution in [0.25, 0.3) is 10.1 Å². The van der Waals surface area contributed by atoms with Gasteiger partial charge in [0.15, 0.2) is 6.29 Å². The van der Waals surface area contributed by atoms with Gasteiger partial charge in [0.05, 0.1) is 12.7 Å². The van der Waals surface area contributed by atoms with Crippen LogP contribution in [0.2, 0.25) is 4.34 Å².